The average molecular weight is 260 g/mol. The number of H-pyrrole nitrogens is 1. The summed E-state index contributed by atoms with van der Waals surface area (Å²) in [4.78, 5) is 0. The monoisotopic (exact) mass is 260 g/mol. The van der Waals surface area contributed by atoms with Crippen LogP contribution in [0.5, 0.6) is 0 Å². The fraction of sp³-hybridized carbons (Fsp3) is 0.700. The third kappa shape index (κ3) is 5.18. The topological polar surface area (TPSA) is 101 Å². The Kier molecular flexibility index (Phi) is 4.16. The number of aromatic nitrogens is 2. The van der Waals surface area contributed by atoms with E-state index in [1.807, 2.05) is 20.8 Å². The Morgan fingerprint density at radius 1 is 1.47 bits per heavy atom. The Hall–Kier alpha value is -1.08. The van der Waals surface area contributed by atoms with Crippen LogP contribution < -0.4 is 10.5 Å². The van der Waals surface area contributed by atoms with Crippen molar-refractivity contribution in [3.63, 3.8) is 0 Å². The van der Waals surface area contributed by atoms with Crippen LogP contribution in [-0.2, 0) is 16.6 Å². The number of nitrogens with two attached hydrogens (primary N) is 1. The van der Waals surface area contributed by atoms with Crippen LogP contribution in [0.4, 0.5) is 5.82 Å². The zero-order valence-electron chi connectivity index (χ0n) is 10.4. The number of nitrogens with one attached hydrogen (secondary N) is 2. The lowest BCUT2D eigenvalue weighted by Crippen LogP contribution is -2.28. The van der Waals surface area contributed by atoms with Gasteiger partial charge in [-0.3, -0.25) is 5.10 Å². The highest BCUT2D eigenvalue weighted by atomic mass is 32.2. The smallest absolute Gasteiger partial charge is 0.211 e. The average Bonchev–Trinajstić information content (AvgIpc) is 2.58. The maximum Gasteiger partial charge on any atom is 0.211 e. The summed E-state index contributed by atoms with van der Waals surface area (Å²) in [6, 6.07) is 0. The van der Waals surface area contributed by atoms with E-state index in [1.54, 1.807) is 0 Å². The predicted octanol–water partition coefficient (Wildman–Crippen LogP) is 0.847. The summed E-state index contributed by atoms with van der Waals surface area (Å²) in [7, 11) is -3.25. The van der Waals surface area contributed by atoms with Crippen molar-refractivity contribution in [2.24, 2.45) is 5.41 Å². The molecular weight excluding hydrogens is 240 g/mol. The summed E-state index contributed by atoms with van der Waals surface area (Å²) in [5, 5.41) is 6.28. The van der Waals surface area contributed by atoms with E-state index in [2.05, 4.69) is 14.9 Å². The van der Waals surface area contributed by atoms with Crippen LogP contribution in [0.1, 0.15) is 32.8 Å². The van der Waals surface area contributed by atoms with Crippen LogP contribution in [0.3, 0.4) is 0 Å². The van der Waals surface area contributed by atoms with E-state index in [-0.39, 0.29) is 17.7 Å². The Balaban J connectivity index is 2.48. The van der Waals surface area contributed by atoms with Crippen LogP contribution in [-0.4, -0.2) is 24.4 Å². The van der Waals surface area contributed by atoms with Crippen LogP contribution in [0.2, 0.25) is 0 Å². The molecule has 0 atom stereocenters. The van der Waals surface area contributed by atoms with Crippen molar-refractivity contribution in [2.75, 3.05) is 11.5 Å². The van der Waals surface area contributed by atoms with E-state index in [0.29, 0.717) is 17.8 Å². The number of anilines is 1. The van der Waals surface area contributed by atoms with E-state index in [4.69, 9.17) is 5.73 Å². The summed E-state index contributed by atoms with van der Waals surface area (Å²) in [5.74, 6) is 0.511. The molecule has 0 saturated heterocycles. The lowest BCUT2D eigenvalue weighted by molar-refractivity contribution is 0.396. The number of rotatable bonds is 5. The molecular formula is C10H20N4O2S. The summed E-state index contributed by atoms with van der Waals surface area (Å²) >= 11 is 0. The largest absolute Gasteiger partial charge is 0.384 e. The fourth-order valence-electron chi connectivity index (χ4n) is 1.16. The van der Waals surface area contributed by atoms with Crippen molar-refractivity contribution < 1.29 is 8.42 Å². The van der Waals surface area contributed by atoms with Crippen molar-refractivity contribution in [3.05, 3.63) is 11.8 Å². The van der Waals surface area contributed by atoms with Crippen molar-refractivity contribution in [3.8, 4) is 0 Å². The van der Waals surface area contributed by atoms with Gasteiger partial charge in [0.05, 0.1) is 11.9 Å². The van der Waals surface area contributed by atoms with Crippen LogP contribution in [0.15, 0.2) is 6.20 Å². The molecule has 0 aliphatic carbocycles. The number of nitrogen functional groups attached to an aromatic ring is 1. The molecule has 0 radical (unpaired) electrons. The summed E-state index contributed by atoms with van der Waals surface area (Å²) < 4.78 is 25.9. The minimum atomic E-state index is -3.25. The summed E-state index contributed by atoms with van der Waals surface area (Å²) in [6.45, 7) is 6.21. The third-order valence-electron chi connectivity index (χ3n) is 2.35. The van der Waals surface area contributed by atoms with E-state index >= 15 is 0 Å². The number of hydrogen-bond acceptors (Lipinski definition) is 4. The van der Waals surface area contributed by atoms with Crippen molar-refractivity contribution in [2.45, 2.75) is 33.7 Å². The van der Waals surface area contributed by atoms with Gasteiger partial charge in [-0.1, -0.05) is 20.8 Å². The SMILES string of the molecule is CC(C)(C)CCS(=O)(=O)NCc1cn[nH]c1N. The molecule has 0 saturated carbocycles. The quantitative estimate of drug-likeness (QED) is 0.730. The molecule has 98 valence electrons. The molecule has 0 amide bonds. The molecule has 0 aliphatic heterocycles. The molecule has 0 aliphatic rings. The lowest BCUT2D eigenvalue weighted by atomic mass is 9.94. The first-order valence-corrected chi connectivity index (χ1v) is 7.10. The Labute approximate surface area is 102 Å². The fourth-order valence-corrected chi connectivity index (χ4v) is 2.56. The minimum absolute atomic E-state index is 0.00339. The number of hydrogen-bond donors (Lipinski definition) is 3. The Morgan fingerprint density at radius 3 is 2.59 bits per heavy atom. The first kappa shape index (κ1) is 14.0. The predicted molar refractivity (Wildman–Crippen MR) is 67.7 cm³/mol. The molecule has 0 unspecified atom stereocenters. The maximum absolute atomic E-state index is 11.7. The second-order valence-corrected chi connectivity index (χ2v) is 7.19. The van der Waals surface area contributed by atoms with E-state index < -0.39 is 10.0 Å². The van der Waals surface area contributed by atoms with Gasteiger partial charge in [0.15, 0.2) is 0 Å². The van der Waals surface area contributed by atoms with E-state index in [9.17, 15) is 8.42 Å². The van der Waals surface area contributed by atoms with Crippen LogP contribution >= 0.6 is 0 Å². The number of aromatic amines is 1. The van der Waals surface area contributed by atoms with Gasteiger partial charge >= 0.3 is 0 Å². The second-order valence-electron chi connectivity index (χ2n) is 5.26. The van der Waals surface area contributed by atoms with E-state index in [1.165, 1.54) is 6.20 Å². The Bertz CT molecular complexity index is 459. The summed E-state index contributed by atoms with van der Waals surface area (Å²) in [6.07, 6.45) is 2.13. The zero-order chi connectivity index (χ0) is 13.1. The molecule has 4 N–H and O–H groups in total. The highest BCUT2D eigenvalue weighted by Crippen LogP contribution is 2.19. The lowest BCUT2D eigenvalue weighted by Gasteiger charge is -2.17. The van der Waals surface area contributed by atoms with Gasteiger partial charge in [0.2, 0.25) is 10.0 Å². The number of sulfonamides is 1. The molecule has 1 aromatic rings. The zero-order valence-corrected chi connectivity index (χ0v) is 11.3. The molecule has 1 aromatic heterocycles. The molecule has 6 nitrogen and oxygen atoms in total. The van der Waals surface area contributed by atoms with Gasteiger partial charge in [0, 0.05) is 12.1 Å². The molecule has 0 aromatic carbocycles. The maximum atomic E-state index is 11.7. The van der Waals surface area contributed by atoms with Gasteiger partial charge in [0.1, 0.15) is 5.82 Å². The van der Waals surface area contributed by atoms with Crippen LogP contribution in [0.25, 0.3) is 0 Å². The molecule has 1 rings (SSSR count). The highest BCUT2D eigenvalue weighted by molar-refractivity contribution is 7.89. The number of nitrogens with zero attached hydrogens (tertiary/aromatic N) is 1. The first-order valence-electron chi connectivity index (χ1n) is 5.45. The molecule has 0 spiro atoms. The minimum Gasteiger partial charge on any atom is -0.384 e. The summed E-state index contributed by atoms with van der Waals surface area (Å²) in [5.41, 5.74) is 6.22. The van der Waals surface area contributed by atoms with Crippen molar-refractivity contribution in [1.82, 2.24) is 14.9 Å². The Morgan fingerprint density at radius 2 is 2.12 bits per heavy atom. The third-order valence-corrected chi connectivity index (χ3v) is 3.68. The molecule has 1 heterocycles. The van der Waals surface area contributed by atoms with Gasteiger partial charge < -0.3 is 5.73 Å². The normalized spacial score (nSPS) is 12.9. The van der Waals surface area contributed by atoms with Crippen LogP contribution in [0, 0.1) is 5.41 Å². The molecule has 0 fully saturated rings. The highest BCUT2D eigenvalue weighted by Gasteiger charge is 2.17. The van der Waals surface area contributed by atoms with Gasteiger partial charge in [0.25, 0.3) is 0 Å². The standard InChI is InChI=1S/C10H20N4O2S/c1-10(2,3)4-5-17(15,16)13-7-8-6-12-14-9(8)11/h6,13H,4-5,7H2,1-3H3,(H3,11,12,14). The second kappa shape index (κ2) is 5.05. The molecule has 0 bridgehead atoms. The van der Waals surface area contributed by atoms with Gasteiger partial charge in [-0.05, 0) is 11.8 Å². The van der Waals surface area contributed by atoms with E-state index in [0.717, 1.165) is 0 Å². The first-order chi connectivity index (χ1) is 7.70. The van der Waals surface area contributed by atoms with Crippen molar-refractivity contribution in [1.29, 1.82) is 0 Å². The van der Waals surface area contributed by atoms with Gasteiger partial charge in [-0.15, -0.1) is 0 Å². The molecule has 17 heavy (non-hydrogen) atoms. The van der Waals surface area contributed by atoms with Gasteiger partial charge in [-0.25, -0.2) is 13.1 Å². The van der Waals surface area contributed by atoms with Gasteiger partial charge in [-0.2, -0.15) is 5.10 Å². The molecule has 7 heteroatoms. The van der Waals surface area contributed by atoms with Crippen molar-refractivity contribution >= 4 is 15.8 Å².